The number of aromatic nitrogens is 3. The molecule has 6 heteroatoms. The molecule has 1 aliphatic rings. The van der Waals surface area contributed by atoms with Gasteiger partial charge in [-0.25, -0.2) is 9.97 Å². The Morgan fingerprint density at radius 3 is 2.82 bits per heavy atom. The Kier molecular flexibility index (Phi) is 5.15. The second-order valence-electron chi connectivity index (χ2n) is 8.23. The van der Waals surface area contributed by atoms with Gasteiger partial charge in [0.25, 0.3) is 0 Å². The molecule has 0 radical (unpaired) electrons. The third kappa shape index (κ3) is 3.53. The highest BCUT2D eigenvalue weighted by Crippen LogP contribution is 2.45. The fraction of sp³-hybridized carbons (Fsp3) is 0.455. The fourth-order valence-corrected chi connectivity index (χ4v) is 5.13. The average molecular weight is 394 g/mol. The van der Waals surface area contributed by atoms with Crippen molar-refractivity contribution in [2.45, 2.75) is 53.4 Å². The van der Waals surface area contributed by atoms with Gasteiger partial charge in [0.1, 0.15) is 11.2 Å². The van der Waals surface area contributed by atoms with E-state index in [1.165, 1.54) is 23.3 Å². The first-order valence-corrected chi connectivity index (χ1v) is 10.8. The summed E-state index contributed by atoms with van der Waals surface area (Å²) in [7, 11) is 0. The minimum atomic E-state index is 0.352. The normalized spacial score (nSPS) is 17.6. The van der Waals surface area contributed by atoms with Gasteiger partial charge in [-0.3, -0.25) is 10.4 Å². The molecule has 5 nitrogen and oxygen atoms in total. The zero-order valence-electron chi connectivity index (χ0n) is 17.0. The first-order valence-electron chi connectivity index (χ1n) is 9.95. The van der Waals surface area contributed by atoms with Gasteiger partial charge in [-0.2, -0.15) is 5.10 Å². The molecule has 0 saturated carbocycles. The highest BCUT2D eigenvalue weighted by atomic mass is 32.1. The largest absolute Gasteiger partial charge is 0.265 e. The van der Waals surface area contributed by atoms with E-state index in [0.29, 0.717) is 11.3 Å². The molecule has 146 valence electrons. The number of nitrogens with one attached hydrogen (secondary N) is 1. The molecule has 3 aromatic heterocycles. The Labute approximate surface area is 170 Å². The molecule has 1 aliphatic carbocycles. The number of hydrazone groups is 1. The summed E-state index contributed by atoms with van der Waals surface area (Å²) in [6.07, 6.45) is 9.90. The van der Waals surface area contributed by atoms with Gasteiger partial charge >= 0.3 is 0 Å². The topological polar surface area (TPSA) is 63.1 Å². The van der Waals surface area contributed by atoms with Crippen molar-refractivity contribution in [3.05, 3.63) is 46.9 Å². The van der Waals surface area contributed by atoms with E-state index in [0.717, 1.165) is 40.2 Å². The van der Waals surface area contributed by atoms with Crippen LogP contribution < -0.4 is 5.43 Å². The Morgan fingerprint density at radius 1 is 1.29 bits per heavy atom. The molecule has 0 aliphatic heterocycles. The second kappa shape index (κ2) is 7.59. The minimum absolute atomic E-state index is 0.352. The number of rotatable bonds is 5. The Bertz CT molecular complexity index is 1010. The molecule has 0 spiro atoms. The van der Waals surface area contributed by atoms with Gasteiger partial charge in [-0.15, -0.1) is 11.3 Å². The van der Waals surface area contributed by atoms with Crippen LogP contribution >= 0.6 is 11.3 Å². The molecule has 28 heavy (non-hydrogen) atoms. The molecule has 0 fully saturated rings. The second-order valence-corrected chi connectivity index (χ2v) is 9.32. The van der Waals surface area contributed by atoms with Gasteiger partial charge in [0.2, 0.25) is 0 Å². The van der Waals surface area contributed by atoms with E-state index in [1.807, 2.05) is 30.4 Å². The number of thiophene rings is 1. The highest BCUT2D eigenvalue weighted by Gasteiger charge is 2.33. The summed E-state index contributed by atoms with van der Waals surface area (Å²) >= 11 is 1.82. The third-order valence-electron chi connectivity index (χ3n) is 6.29. The van der Waals surface area contributed by atoms with Crippen LogP contribution in [0.15, 0.2) is 36.0 Å². The van der Waals surface area contributed by atoms with Crippen molar-refractivity contribution in [1.82, 2.24) is 15.0 Å². The standard InChI is InChI=1S/C22H27N5S/c1-5-22(3,4)16-6-7-18-17(12-16)19-20(24-13-25-21(19)28-18)27-26-14(2)15-8-10-23-11-9-15/h8-11,13,16H,5-7,12H2,1-4H3,(H,24,25,27)/b26-14+. The number of aryl methyl sites for hydroxylation is 1. The average Bonchev–Trinajstić information content (AvgIpc) is 3.11. The molecule has 1 unspecified atom stereocenters. The van der Waals surface area contributed by atoms with Crippen LogP contribution in [0.5, 0.6) is 0 Å². The molecule has 4 rings (SSSR count). The molecule has 0 amide bonds. The van der Waals surface area contributed by atoms with E-state index in [9.17, 15) is 0 Å². The van der Waals surface area contributed by atoms with E-state index in [2.05, 4.69) is 46.3 Å². The Hall–Kier alpha value is -2.34. The van der Waals surface area contributed by atoms with Crippen LogP contribution in [0.2, 0.25) is 0 Å². The number of nitrogens with zero attached hydrogens (tertiary/aromatic N) is 4. The lowest BCUT2D eigenvalue weighted by atomic mass is 9.69. The summed E-state index contributed by atoms with van der Waals surface area (Å²) < 4.78 is 0. The van der Waals surface area contributed by atoms with Crippen LogP contribution in [0, 0.1) is 11.3 Å². The Balaban J connectivity index is 1.68. The molecule has 3 heterocycles. The van der Waals surface area contributed by atoms with Gasteiger partial charge in [-0.1, -0.05) is 27.2 Å². The van der Waals surface area contributed by atoms with Gasteiger partial charge < -0.3 is 0 Å². The monoisotopic (exact) mass is 393 g/mol. The number of pyridine rings is 1. The van der Waals surface area contributed by atoms with Gasteiger partial charge in [0, 0.05) is 22.8 Å². The van der Waals surface area contributed by atoms with Crippen molar-refractivity contribution in [3.8, 4) is 0 Å². The van der Waals surface area contributed by atoms with Crippen molar-refractivity contribution < 1.29 is 0 Å². The number of anilines is 1. The van der Waals surface area contributed by atoms with Gasteiger partial charge in [0.15, 0.2) is 5.82 Å². The molecule has 0 aromatic carbocycles. The smallest absolute Gasteiger partial charge is 0.158 e. The summed E-state index contributed by atoms with van der Waals surface area (Å²) in [6.45, 7) is 9.09. The first-order chi connectivity index (χ1) is 13.5. The molecule has 0 bridgehead atoms. The maximum absolute atomic E-state index is 4.58. The molecular formula is C22H27N5S. The van der Waals surface area contributed by atoms with Crippen molar-refractivity contribution in [2.24, 2.45) is 16.4 Å². The van der Waals surface area contributed by atoms with Crippen molar-refractivity contribution in [2.75, 3.05) is 5.43 Å². The predicted molar refractivity (Wildman–Crippen MR) is 117 cm³/mol. The lowest BCUT2D eigenvalue weighted by Gasteiger charge is -2.36. The lowest BCUT2D eigenvalue weighted by molar-refractivity contribution is 0.184. The van der Waals surface area contributed by atoms with E-state index in [-0.39, 0.29) is 0 Å². The van der Waals surface area contributed by atoms with Crippen LogP contribution in [0.4, 0.5) is 5.82 Å². The van der Waals surface area contributed by atoms with E-state index >= 15 is 0 Å². The number of hydrogen-bond donors (Lipinski definition) is 1. The fourth-order valence-electron chi connectivity index (χ4n) is 3.94. The maximum Gasteiger partial charge on any atom is 0.158 e. The molecule has 0 saturated heterocycles. The van der Waals surface area contributed by atoms with Crippen LogP contribution in [-0.2, 0) is 12.8 Å². The van der Waals surface area contributed by atoms with Gasteiger partial charge in [0.05, 0.1) is 11.1 Å². The summed E-state index contributed by atoms with van der Waals surface area (Å²) in [6, 6.07) is 3.92. The highest BCUT2D eigenvalue weighted by molar-refractivity contribution is 7.19. The summed E-state index contributed by atoms with van der Waals surface area (Å²) in [4.78, 5) is 15.7. The van der Waals surface area contributed by atoms with E-state index < -0.39 is 0 Å². The minimum Gasteiger partial charge on any atom is -0.265 e. The van der Waals surface area contributed by atoms with Crippen LogP contribution in [0.25, 0.3) is 10.2 Å². The lowest BCUT2D eigenvalue weighted by Crippen LogP contribution is -2.28. The van der Waals surface area contributed by atoms with Crippen LogP contribution in [0.3, 0.4) is 0 Å². The Morgan fingerprint density at radius 2 is 2.07 bits per heavy atom. The summed E-state index contributed by atoms with van der Waals surface area (Å²) in [5.74, 6) is 1.50. The first kappa shape index (κ1) is 19.0. The SMILES string of the molecule is CCC(C)(C)C1CCc2sc3ncnc(N/N=C(\C)c4ccncc4)c3c2C1. The molecular weight excluding hydrogens is 366 g/mol. The quantitative estimate of drug-likeness (QED) is 0.461. The molecule has 3 aromatic rings. The van der Waals surface area contributed by atoms with Crippen molar-refractivity contribution in [1.29, 1.82) is 0 Å². The maximum atomic E-state index is 4.58. The number of fused-ring (bicyclic) bond motifs is 3. The molecule has 1 atom stereocenters. The van der Waals surface area contributed by atoms with Crippen LogP contribution in [0.1, 0.15) is 56.5 Å². The van der Waals surface area contributed by atoms with Gasteiger partial charge in [-0.05, 0) is 55.2 Å². The van der Waals surface area contributed by atoms with E-state index in [1.54, 1.807) is 18.7 Å². The zero-order valence-corrected chi connectivity index (χ0v) is 17.8. The van der Waals surface area contributed by atoms with Crippen LogP contribution in [-0.4, -0.2) is 20.7 Å². The summed E-state index contributed by atoms with van der Waals surface area (Å²) in [5, 5.41) is 5.74. The zero-order chi connectivity index (χ0) is 19.7. The molecule has 1 N–H and O–H groups in total. The predicted octanol–water partition coefficient (Wildman–Crippen LogP) is 5.46. The number of hydrogen-bond acceptors (Lipinski definition) is 6. The third-order valence-corrected chi connectivity index (χ3v) is 7.48. The summed E-state index contributed by atoms with van der Waals surface area (Å²) in [5.41, 5.74) is 6.95. The van der Waals surface area contributed by atoms with Crippen molar-refractivity contribution >= 4 is 33.1 Å². The van der Waals surface area contributed by atoms with Crippen molar-refractivity contribution in [3.63, 3.8) is 0 Å². The van der Waals surface area contributed by atoms with E-state index in [4.69, 9.17) is 0 Å².